The van der Waals surface area contributed by atoms with Gasteiger partial charge in [0, 0.05) is 6.07 Å². The van der Waals surface area contributed by atoms with Gasteiger partial charge in [-0.05, 0) is 6.07 Å². The highest BCUT2D eigenvalue weighted by molar-refractivity contribution is 5.45. The van der Waals surface area contributed by atoms with Gasteiger partial charge in [0.25, 0.3) is 5.69 Å². The molecule has 0 aliphatic rings. The van der Waals surface area contributed by atoms with Crippen molar-refractivity contribution in [2.45, 2.75) is 6.10 Å². The Bertz CT molecular complexity index is 448. The average Bonchev–Trinajstić information content (AvgIpc) is 2.27. The van der Waals surface area contributed by atoms with Crippen LogP contribution in [0.2, 0.25) is 0 Å². The van der Waals surface area contributed by atoms with Gasteiger partial charge in [-0.25, -0.2) is 0 Å². The molecular weight excluding hydrogens is 196 g/mol. The first-order valence-electron chi connectivity index (χ1n) is 4.08. The first-order chi connectivity index (χ1) is 7.07. The summed E-state index contributed by atoms with van der Waals surface area (Å²) in [4.78, 5) is 10.0. The molecule has 1 aromatic rings. The molecule has 0 saturated carbocycles. The lowest BCUT2D eigenvalue weighted by Crippen LogP contribution is -2.03. The van der Waals surface area contributed by atoms with Gasteiger partial charge in [-0.3, -0.25) is 10.1 Å². The summed E-state index contributed by atoms with van der Waals surface area (Å²) < 4.78 is 0. The van der Waals surface area contributed by atoms with Crippen molar-refractivity contribution >= 4 is 5.69 Å². The molecule has 5 heteroatoms. The van der Waals surface area contributed by atoms with Crippen LogP contribution in [0.25, 0.3) is 0 Å². The Balaban J connectivity index is 3.20. The minimum atomic E-state index is -1.32. The van der Waals surface area contributed by atoms with Crippen LogP contribution in [0.15, 0.2) is 36.4 Å². The summed E-state index contributed by atoms with van der Waals surface area (Å²) in [6.07, 6.45) is -1.32. The zero-order valence-electron chi connectivity index (χ0n) is 7.75. The second-order valence-electron chi connectivity index (χ2n) is 2.86. The second-order valence-corrected chi connectivity index (χ2v) is 2.86. The summed E-state index contributed by atoms with van der Waals surface area (Å²) >= 11 is 0. The van der Waals surface area contributed by atoms with E-state index in [0.717, 1.165) is 0 Å². The molecule has 1 rings (SSSR count). The maximum atomic E-state index is 10.6. The van der Waals surface area contributed by atoms with Gasteiger partial charge in [0.2, 0.25) is 0 Å². The number of benzene rings is 1. The van der Waals surface area contributed by atoms with Crippen LogP contribution >= 0.6 is 0 Å². The number of nitro benzene ring substituents is 1. The van der Waals surface area contributed by atoms with E-state index >= 15 is 0 Å². The van der Waals surface area contributed by atoms with Crippen LogP contribution < -0.4 is 0 Å². The van der Waals surface area contributed by atoms with Gasteiger partial charge >= 0.3 is 0 Å². The van der Waals surface area contributed by atoms with Crippen LogP contribution in [0.3, 0.4) is 0 Å². The number of nitriles is 1. The Morgan fingerprint density at radius 2 is 2.20 bits per heavy atom. The number of rotatable bonds is 3. The molecule has 76 valence electrons. The van der Waals surface area contributed by atoms with E-state index in [2.05, 4.69) is 6.58 Å². The Hall–Kier alpha value is -2.19. The van der Waals surface area contributed by atoms with E-state index in [1.54, 1.807) is 12.1 Å². The number of nitro groups is 1. The number of aliphatic hydroxyl groups is 1. The highest BCUT2D eigenvalue weighted by atomic mass is 16.6. The van der Waals surface area contributed by atoms with Crippen molar-refractivity contribution in [3.8, 4) is 6.07 Å². The lowest BCUT2D eigenvalue weighted by Gasteiger charge is -2.08. The van der Waals surface area contributed by atoms with Crippen LogP contribution in [0, 0.1) is 21.4 Å². The van der Waals surface area contributed by atoms with Crippen LogP contribution in [0.1, 0.15) is 11.7 Å². The average molecular weight is 204 g/mol. The summed E-state index contributed by atoms with van der Waals surface area (Å²) in [6, 6.07) is 7.36. The number of aliphatic hydroxyl groups excluding tert-OH is 1. The van der Waals surface area contributed by atoms with Crippen LogP contribution in [-0.4, -0.2) is 10.0 Å². The third kappa shape index (κ3) is 2.18. The standard InChI is InChI=1S/C10H8N2O3/c1-7(6-11)10(13)8-4-2-3-5-9(8)12(14)15/h2-5,10,13H,1H2/t10-/m1/s1. The van der Waals surface area contributed by atoms with Crippen LogP contribution in [-0.2, 0) is 0 Å². The number of hydrogen-bond acceptors (Lipinski definition) is 4. The Kier molecular flexibility index (Phi) is 3.16. The summed E-state index contributed by atoms with van der Waals surface area (Å²) in [6.45, 7) is 3.32. The molecule has 0 aliphatic heterocycles. The molecule has 0 bridgehead atoms. The molecular formula is C10H8N2O3. The van der Waals surface area contributed by atoms with Crippen molar-refractivity contribution in [3.63, 3.8) is 0 Å². The highest BCUT2D eigenvalue weighted by Gasteiger charge is 2.21. The predicted molar refractivity (Wildman–Crippen MR) is 52.8 cm³/mol. The third-order valence-electron chi connectivity index (χ3n) is 1.90. The molecule has 1 atom stereocenters. The zero-order valence-corrected chi connectivity index (χ0v) is 7.75. The maximum absolute atomic E-state index is 10.6. The zero-order chi connectivity index (χ0) is 11.4. The Morgan fingerprint density at radius 1 is 1.60 bits per heavy atom. The summed E-state index contributed by atoms with van der Waals surface area (Å²) in [5.41, 5.74) is -0.264. The molecule has 0 aromatic heterocycles. The smallest absolute Gasteiger partial charge is 0.275 e. The Morgan fingerprint density at radius 3 is 2.73 bits per heavy atom. The molecule has 0 heterocycles. The predicted octanol–water partition coefficient (Wildman–Crippen LogP) is 1.71. The van der Waals surface area contributed by atoms with Crippen molar-refractivity contribution in [2.24, 2.45) is 0 Å². The summed E-state index contributed by atoms with van der Waals surface area (Å²) in [5, 5.41) is 28.7. The van der Waals surface area contributed by atoms with Gasteiger partial charge < -0.3 is 5.11 Å². The molecule has 0 aliphatic carbocycles. The minimum Gasteiger partial charge on any atom is -0.383 e. The largest absolute Gasteiger partial charge is 0.383 e. The lowest BCUT2D eigenvalue weighted by molar-refractivity contribution is -0.386. The molecule has 0 spiro atoms. The molecule has 0 amide bonds. The van der Waals surface area contributed by atoms with Crippen molar-refractivity contribution < 1.29 is 10.0 Å². The molecule has 5 nitrogen and oxygen atoms in total. The summed E-state index contributed by atoms with van der Waals surface area (Å²) in [5.74, 6) is 0. The lowest BCUT2D eigenvalue weighted by atomic mass is 10.0. The minimum absolute atomic E-state index is 0.0778. The maximum Gasteiger partial charge on any atom is 0.275 e. The molecule has 15 heavy (non-hydrogen) atoms. The molecule has 1 aromatic carbocycles. The number of para-hydroxylation sites is 1. The van der Waals surface area contributed by atoms with Crippen LogP contribution in [0.4, 0.5) is 5.69 Å². The monoisotopic (exact) mass is 204 g/mol. The molecule has 0 saturated heterocycles. The summed E-state index contributed by atoms with van der Waals surface area (Å²) in [7, 11) is 0. The van der Waals surface area contributed by atoms with Gasteiger partial charge in [-0.2, -0.15) is 5.26 Å². The molecule has 1 N–H and O–H groups in total. The van der Waals surface area contributed by atoms with E-state index in [9.17, 15) is 15.2 Å². The number of nitrogens with zero attached hydrogens (tertiary/aromatic N) is 2. The van der Waals surface area contributed by atoms with E-state index in [-0.39, 0.29) is 16.8 Å². The molecule has 0 radical (unpaired) electrons. The van der Waals surface area contributed by atoms with Gasteiger partial charge in [-0.1, -0.05) is 18.7 Å². The highest BCUT2D eigenvalue weighted by Crippen LogP contribution is 2.28. The quantitative estimate of drug-likeness (QED) is 0.461. The fourth-order valence-electron chi connectivity index (χ4n) is 1.13. The number of hydrogen-bond donors (Lipinski definition) is 1. The van der Waals surface area contributed by atoms with Crippen molar-refractivity contribution in [3.05, 3.63) is 52.1 Å². The second kappa shape index (κ2) is 4.35. The third-order valence-corrected chi connectivity index (χ3v) is 1.90. The van der Waals surface area contributed by atoms with Gasteiger partial charge in [-0.15, -0.1) is 0 Å². The first-order valence-corrected chi connectivity index (χ1v) is 4.08. The van der Waals surface area contributed by atoms with Crippen molar-refractivity contribution in [1.29, 1.82) is 5.26 Å². The van der Waals surface area contributed by atoms with E-state index in [4.69, 9.17) is 5.26 Å². The fraction of sp³-hybridized carbons (Fsp3) is 0.100. The van der Waals surface area contributed by atoms with Gasteiger partial charge in [0.15, 0.2) is 0 Å². The van der Waals surface area contributed by atoms with Gasteiger partial charge in [0.1, 0.15) is 6.10 Å². The van der Waals surface area contributed by atoms with E-state index in [1.807, 2.05) is 0 Å². The SMILES string of the molecule is C=C(C#N)[C@@H](O)c1ccccc1[N+](=O)[O-]. The first kappa shape index (κ1) is 10.9. The Labute approximate surface area is 86.0 Å². The van der Waals surface area contributed by atoms with E-state index < -0.39 is 11.0 Å². The van der Waals surface area contributed by atoms with Crippen molar-refractivity contribution in [1.82, 2.24) is 0 Å². The van der Waals surface area contributed by atoms with Gasteiger partial charge in [0.05, 0.1) is 22.1 Å². The molecule has 0 fully saturated rings. The van der Waals surface area contributed by atoms with Crippen molar-refractivity contribution in [2.75, 3.05) is 0 Å². The van der Waals surface area contributed by atoms with E-state index in [0.29, 0.717) is 0 Å². The normalized spacial score (nSPS) is 11.5. The van der Waals surface area contributed by atoms with Crippen LogP contribution in [0.5, 0.6) is 0 Å². The fourth-order valence-corrected chi connectivity index (χ4v) is 1.13. The van der Waals surface area contributed by atoms with E-state index in [1.165, 1.54) is 18.2 Å². The molecule has 0 unspecified atom stereocenters. The topological polar surface area (TPSA) is 87.2 Å².